The second-order valence-corrected chi connectivity index (χ2v) is 6.88. The van der Waals surface area contributed by atoms with Crippen LogP contribution in [-0.4, -0.2) is 37.3 Å². The minimum atomic E-state index is -4.56. The Labute approximate surface area is 142 Å². The molecular weight excluding hydrogens is 337 g/mol. The van der Waals surface area contributed by atoms with E-state index < -0.39 is 30.0 Å². The Morgan fingerprint density at radius 1 is 1.24 bits per heavy atom. The quantitative estimate of drug-likeness (QED) is 0.605. The summed E-state index contributed by atoms with van der Waals surface area (Å²) in [5.41, 5.74) is 1.96. The highest BCUT2D eigenvalue weighted by Crippen LogP contribution is 2.51. The van der Waals surface area contributed by atoms with Gasteiger partial charge in [0.15, 0.2) is 12.4 Å². The third-order valence-corrected chi connectivity index (χ3v) is 5.11. The van der Waals surface area contributed by atoms with E-state index in [0.717, 1.165) is 0 Å². The number of benzene rings is 1. The first-order valence-electron chi connectivity index (χ1n) is 8.15. The van der Waals surface area contributed by atoms with Crippen LogP contribution in [0.3, 0.4) is 0 Å². The number of ether oxygens (including phenoxy) is 3. The van der Waals surface area contributed by atoms with Crippen LogP contribution >= 0.6 is 0 Å². The maximum absolute atomic E-state index is 12.3. The summed E-state index contributed by atoms with van der Waals surface area (Å²) in [5.74, 6) is -1.03. The van der Waals surface area contributed by atoms with Crippen molar-refractivity contribution in [3.63, 3.8) is 0 Å². The summed E-state index contributed by atoms with van der Waals surface area (Å²) in [4.78, 5) is 11.9. The first kappa shape index (κ1) is 16.6. The van der Waals surface area contributed by atoms with E-state index >= 15 is 0 Å². The van der Waals surface area contributed by atoms with Gasteiger partial charge in [-0.05, 0) is 30.4 Å². The molecule has 4 rings (SSSR count). The Bertz CT molecular complexity index is 688. The number of fused-ring (bicyclic) bond motifs is 3. The molecule has 0 N–H and O–H groups in total. The van der Waals surface area contributed by atoms with Crippen molar-refractivity contribution in [2.75, 3.05) is 6.61 Å². The minimum Gasteiger partial charge on any atom is -0.453 e. The molecule has 0 radical (unpaired) electrons. The van der Waals surface area contributed by atoms with Gasteiger partial charge in [-0.25, -0.2) is 4.79 Å². The predicted octanol–water partition coefficient (Wildman–Crippen LogP) is 2.95. The van der Waals surface area contributed by atoms with E-state index in [2.05, 4.69) is 0 Å². The molecule has 0 saturated carbocycles. The van der Waals surface area contributed by atoms with Crippen LogP contribution in [0.2, 0.25) is 0 Å². The molecule has 2 fully saturated rings. The maximum Gasteiger partial charge on any atom is 0.410 e. The molecule has 134 valence electrons. The van der Waals surface area contributed by atoms with E-state index in [-0.39, 0.29) is 12.2 Å². The Kier molecular flexibility index (Phi) is 3.88. The number of hydrogen-bond acceptors (Lipinski definition) is 4. The third kappa shape index (κ3) is 3.18. The van der Waals surface area contributed by atoms with Gasteiger partial charge in [0.05, 0.1) is 12.7 Å². The average molecular weight is 354 g/mol. The summed E-state index contributed by atoms with van der Waals surface area (Å²) in [6.07, 6.45) is -3.74. The summed E-state index contributed by atoms with van der Waals surface area (Å²) < 4.78 is 53.5. The van der Waals surface area contributed by atoms with Gasteiger partial charge < -0.3 is 14.2 Å². The topological polar surface area (TPSA) is 44.8 Å². The number of rotatable bonds is 2. The molecule has 4 nitrogen and oxygen atoms in total. The molecule has 1 aliphatic carbocycles. The normalized spacial score (nSPS) is 30.0. The summed E-state index contributed by atoms with van der Waals surface area (Å²) in [6.45, 7) is 0.412. The summed E-state index contributed by atoms with van der Waals surface area (Å²) >= 11 is 0. The van der Waals surface area contributed by atoms with E-state index in [4.69, 9.17) is 14.2 Å². The molecule has 2 aliphatic heterocycles. The zero-order chi connectivity index (χ0) is 17.7. The molecular formula is C18H17F3O4. The number of halogens is 3. The Morgan fingerprint density at radius 3 is 2.56 bits per heavy atom. The highest BCUT2D eigenvalue weighted by atomic mass is 19.4. The average Bonchev–Trinajstić information content (AvgIpc) is 3.11. The van der Waals surface area contributed by atoms with E-state index in [0.29, 0.717) is 31.9 Å². The second-order valence-electron chi connectivity index (χ2n) is 6.88. The molecule has 0 amide bonds. The van der Waals surface area contributed by atoms with Crippen LogP contribution in [0.5, 0.6) is 0 Å². The van der Waals surface area contributed by atoms with Gasteiger partial charge in [-0.2, -0.15) is 13.2 Å². The predicted molar refractivity (Wildman–Crippen MR) is 80.6 cm³/mol. The lowest BCUT2D eigenvalue weighted by Gasteiger charge is -2.42. The largest absolute Gasteiger partial charge is 0.453 e. The molecule has 2 heterocycles. The van der Waals surface area contributed by atoms with Gasteiger partial charge in [-0.1, -0.05) is 24.3 Å². The summed E-state index contributed by atoms with van der Waals surface area (Å²) in [7, 11) is 0. The lowest BCUT2D eigenvalue weighted by molar-refractivity contribution is -0.219. The molecule has 2 bridgehead atoms. The van der Waals surface area contributed by atoms with Gasteiger partial charge in [0.25, 0.3) is 0 Å². The smallest absolute Gasteiger partial charge is 0.410 e. The number of esters is 1. The van der Waals surface area contributed by atoms with E-state index in [1.165, 1.54) is 11.1 Å². The highest BCUT2D eigenvalue weighted by Gasteiger charge is 2.57. The lowest BCUT2D eigenvalue weighted by Crippen LogP contribution is -2.52. The summed E-state index contributed by atoms with van der Waals surface area (Å²) in [6, 6.07) is 7.97. The fourth-order valence-corrected chi connectivity index (χ4v) is 4.17. The van der Waals surface area contributed by atoms with Crippen molar-refractivity contribution in [2.24, 2.45) is 5.41 Å². The molecule has 1 aromatic carbocycles. The number of hydrogen-bond donors (Lipinski definition) is 0. The van der Waals surface area contributed by atoms with Crippen LogP contribution in [0, 0.1) is 5.41 Å². The fourth-order valence-electron chi connectivity index (χ4n) is 4.17. The van der Waals surface area contributed by atoms with Gasteiger partial charge in [-0.3, -0.25) is 0 Å². The van der Waals surface area contributed by atoms with E-state index in [1.54, 1.807) is 0 Å². The van der Waals surface area contributed by atoms with Gasteiger partial charge in [-0.15, -0.1) is 0 Å². The van der Waals surface area contributed by atoms with E-state index in [1.807, 2.05) is 24.3 Å². The van der Waals surface area contributed by atoms with Crippen LogP contribution in [0.25, 0.3) is 0 Å². The Hall–Kier alpha value is -1.86. The van der Waals surface area contributed by atoms with Crippen LogP contribution in [0.1, 0.15) is 17.5 Å². The molecule has 1 spiro atoms. The molecule has 0 aromatic heterocycles. The molecule has 0 unspecified atom stereocenters. The Morgan fingerprint density at radius 2 is 1.92 bits per heavy atom. The van der Waals surface area contributed by atoms with Crippen molar-refractivity contribution in [1.29, 1.82) is 0 Å². The zero-order valence-corrected chi connectivity index (χ0v) is 13.3. The lowest BCUT2D eigenvalue weighted by atomic mass is 9.73. The van der Waals surface area contributed by atoms with Gasteiger partial charge in [0, 0.05) is 17.6 Å². The molecule has 3 atom stereocenters. The number of carbonyl (C=O) groups is 1. The standard InChI is InChI=1S/C18H17F3O4/c19-18(20,21)6-5-14(22)25-15-16-23-10-13(24-16)9-17(15)7-11-3-1-2-4-12(11)8-17/h1-6,13,15-16H,7-10H2/b6-5+/t13-,15+,16+/m0/s1. The molecule has 2 saturated heterocycles. The monoisotopic (exact) mass is 354 g/mol. The van der Waals surface area contributed by atoms with Crippen LogP contribution < -0.4 is 0 Å². The van der Waals surface area contributed by atoms with Crippen molar-refractivity contribution in [3.05, 3.63) is 47.5 Å². The third-order valence-electron chi connectivity index (χ3n) is 5.11. The molecule has 3 aliphatic rings. The highest BCUT2D eigenvalue weighted by molar-refractivity contribution is 5.82. The first-order valence-corrected chi connectivity index (χ1v) is 8.15. The Balaban J connectivity index is 1.58. The molecule has 25 heavy (non-hydrogen) atoms. The zero-order valence-electron chi connectivity index (χ0n) is 13.3. The number of carbonyl (C=O) groups excluding carboxylic acids is 1. The van der Waals surface area contributed by atoms with Gasteiger partial charge >= 0.3 is 12.1 Å². The van der Waals surface area contributed by atoms with Gasteiger partial charge in [0.1, 0.15) is 0 Å². The molecule has 1 aromatic rings. The second kappa shape index (κ2) is 5.85. The SMILES string of the molecule is O=C(/C=C/C(F)(F)F)O[C@@H]1[C@@H]2OC[C@H](CC13Cc1ccccc1C3)O2. The first-order chi connectivity index (χ1) is 11.8. The maximum atomic E-state index is 12.3. The molecule has 7 heteroatoms. The van der Waals surface area contributed by atoms with E-state index in [9.17, 15) is 18.0 Å². The number of allylic oxidation sites excluding steroid dienone is 1. The number of alkyl halides is 3. The van der Waals surface area contributed by atoms with Crippen molar-refractivity contribution < 1.29 is 32.2 Å². The van der Waals surface area contributed by atoms with Crippen LogP contribution in [0.4, 0.5) is 13.2 Å². The van der Waals surface area contributed by atoms with Crippen LogP contribution in [0.15, 0.2) is 36.4 Å². The minimum absolute atomic E-state index is 0.0695. The van der Waals surface area contributed by atoms with Gasteiger partial charge in [0.2, 0.25) is 0 Å². The van der Waals surface area contributed by atoms with Crippen molar-refractivity contribution in [2.45, 2.75) is 43.9 Å². The van der Waals surface area contributed by atoms with Crippen molar-refractivity contribution >= 4 is 5.97 Å². The van der Waals surface area contributed by atoms with Crippen molar-refractivity contribution in [3.8, 4) is 0 Å². The summed E-state index contributed by atoms with van der Waals surface area (Å²) in [5, 5.41) is 0. The van der Waals surface area contributed by atoms with Crippen LogP contribution in [-0.2, 0) is 31.8 Å². The fraction of sp³-hybridized carbons (Fsp3) is 0.500. The van der Waals surface area contributed by atoms with Crippen molar-refractivity contribution in [1.82, 2.24) is 0 Å².